The molecule has 1 amide bonds. The molecule has 72 valence electrons. The molecule has 6 heteroatoms. The maximum absolute atomic E-state index is 10.8. The first-order valence-electron chi connectivity index (χ1n) is 4.03. The van der Waals surface area contributed by atoms with Gasteiger partial charge in [0, 0.05) is 6.54 Å². The Labute approximate surface area is 76.1 Å². The van der Waals surface area contributed by atoms with Crippen LogP contribution in [0, 0.1) is 0 Å². The maximum atomic E-state index is 10.8. The van der Waals surface area contributed by atoms with Crippen LogP contribution in [-0.4, -0.2) is 33.8 Å². The molecular formula is C7H13N5O. The molecule has 0 aliphatic heterocycles. The number of rotatable bonds is 5. The SMILES string of the molecule is CNC(CCn1cncn1)C(N)=O. The maximum Gasteiger partial charge on any atom is 0.234 e. The number of nitrogens with two attached hydrogens (primary N) is 1. The van der Waals surface area contributed by atoms with Crippen LogP contribution in [0.15, 0.2) is 12.7 Å². The predicted molar refractivity (Wildman–Crippen MR) is 46.7 cm³/mol. The quantitative estimate of drug-likeness (QED) is 0.596. The minimum atomic E-state index is -0.345. The number of hydrogen-bond donors (Lipinski definition) is 2. The van der Waals surface area contributed by atoms with E-state index in [4.69, 9.17) is 5.73 Å². The van der Waals surface area contributed by atoms with E-state index in [1.54, 1.807) is 18.1 Å². The highest BCUT2D eigenvalue weighted by molar-refractivity contribution is 5.79. The molecule has 0 aliphatic carbocycles. The summed E-state index contributed by atoms with van der Waals surface area (Å²) in [5, 5.41) is 6.74. The van der Waals surface area contributed by atoms with E-state index < -0.39 is 0 Å². The van der Waals surface area contributed by atoms with Crippen LogP contribution < -0.4 is 11.1 Å². The van der Waals surface area contributed by atoms with E-state index >= 15 is 0 Å². The van der Waals surface area contributed by atoms with Crippen molar-refractivity contribution in [1.29, 1.82) is 0 Å². The average molecular weight is 183 g/mol. The summed E-state index contributed by atoms with van der Waals surface area (Å²) in [5.74, 6) is -0.345. The summed E-state index contributed by atoms with van der Waals surface area (Å²) in [6.45, 7) is 0.633. The van der Waals surface area contributed by atoms with Crippen molar-refractivity contribution in [3.63, 3.8) is 0 Å². The third-order valence-electron chi connectivity index (χ3n) is 1.81. The Morgan fingerprint density at radius 2 is 2.54 bits per heavy atom. The third-order valence-corrected chi connectivity index (χ3v) is 1.81. The number of aromatic nitrogens is 3. The van der Waals surface area contributed by atoms with Crippen LogP contribution >= 0.6 is 0 Å². The van der Waals surface area contributed by atoms with Crippen LogP contribution in [0.4, 0.5) is 0 Å². The lowest BCUT2D eigenvalue weighted by Gasteiger charge is -2.10. The van der Waals surface area contributed by atoms with Gasteiger partial charge in [-0.05, 0) is 13.5 Å². The Kier molecular flexibility index (Phi) is 3.39. The lowest BCUT2D eigenvalue weighted by molar-refractivity contribution is -0.120. The topological polar surface area (TPSA) is 85.8 Å². The highest BCUT2D eigenvalue weighted by atomic mass is 16.1. The van der Waals surface area contributed by atoms with Crippen LogP contribution in [0.2, 0.25) is 0 Å². The third kappa shape index (κ3) is 2.83. The molecule has 13 heavy (non-hydrogen) atoms. The monoisotopic (exact) mass is 183 g/mol. The first-order valence-corrected chi connectivity index (χ1v) is 4.03. The van der Waals surface area contributed by atoms with E-state index in [0.717, 1.165) is 0 Å². The largest absolute Gasteiger partial charge is 0.368 e. The van der Waals surface area contributed by atoms with Gasteiger partial charge >= 0.3 is 0 Å². The minimum absolute atomic E-state index is 0.302. The van der Waals surface area contributed by atoms with Crippen LogP contribution in [0.3, 0.4) is 0 Å². The predicted octanol–water partition coefficient (Wildman–Crippen LogP) is -1.26. The van der Waals surface area contributed by atoms with Crippen molar-refractivity contribution >= 4 is 5.91 Å². The summed E-state index contributed by atoms with van der Waals surface area (Å²) in [6.07, 6.45) is 3.68. The molecule has 0 spiro atoms. The van der Waals surface area contributed by atoms with E-state index in [-0.39, 0.29) is 11.9 Å². The summed E-state index contributed by atoms with van der Waals surface area (Å²) in [5.41, 5.74) is 5.14. The van der Waals surface area contributed by atoms with Crippen molar-refractivity contribution < 1.29 is 4.79 Å². The smallest absolute Gasteiger partial charge is 0.234 e. The lowest BCUT2D eigenvalue weighted by Crippen LogP contribution is -2.39. The van der Waals surface area contributed by atoms with Crippen molar-refractivity contribution in [1.82, 2.24) is 20.1 Å². The van der Waals surface area contributed by atoms with Crippen LogP contribution in [0.5, 0.6) is 0 Å². The van der Waals surface area contributed by atoms with E-state index in [9.17, 15) is 4.79 Å². The van der Waals surface area contributed by atoms with Gasteiger partial charge < -0.3 is 11.1 Å². The Balaban J connectivity index is 2.36. The summed E-state index contributed by atoms with van der Waals surface area (Å²) in [6, 6.07) is -0.302. The van der Waals surface area contributed by atoms with Crippen LogP contribution in [0.25, 0.3) is 0 Å². The molecule has 1 unspecified atom stereocenters. The molecule has 1 heterocycles. The van der Waals surface area contributed by atoms with Crippen molar-refractivity contribution in [2.75, 3.05) is 7.05 Å². The first kappa shape index (κ1) is 9.66. The zero-order valence-electron chi connectivity index (χ0n) is 7.47. The molecule has 0 radical (unpaired) electrons. The molecule has 1 rings (SSSR count). The number of carbonyl (C=O) groups is 1. The fourth-order valence-corrected chi connectivity index (χ4v) is 1.04. The second-order valence-corrected chi connectivity index (χ2v) is 2.69. The van der Waals surface area contributed by atoms with E-state index in [2.05, 4.69) is 15.4 Å². The van der Waals surface area contributed by atoms with Gasteiger partial charge in [0.1, 0.15) is 12.7 Å². The molecule has 0 bridgehead atoms. The molecule has 0 aliphatic rings. The average Bonchev–Trinajstić information content (AvgIpc) is 2.57. The molecule has 0 saturated carbocycles. The molecule has 6 nitrogen and oxygen atoms in total. The zero-order valence-corrected chi connectivity index (χ0v) is 7.47. The molecule has 0 fully saturated rings. The van der Waals surface area contributed by atoms with Gasteiger partial charge in [0.05, 0.1) is 6.04 Å². The number of aryl methyl sites for hydroxylation is 1. The Morgan fingerprint density at radius 1 is 1.77 bits per heavy atom. The van der Waals surface area contributed by atoms with E-state index in [1.807, 2.05) is 0 Å². The number of nitrogens with one attached hydrogen (secondary N) is 1. The van der Waals surface area contributed by atoms with Crippen molar-refractivity contribution in [2.45, 2.75) is 19.0 Å². The number of amides is 1. The van der Waals surface area contributed by atoms with Gasteiger partial charge in [-0.15, -0.1) is 0 Å². The zero-order chi connectivity index (χ0) is 9.68. The highest BCUT2D eigenvalue weighted by Gasteiger charge is 2.11. The fraction of sp³-hybridized carbons (Fsp3) is 0.571. The van der Waals surface area contributed by atoms with E-state index in [1.165, 1.54) is 6.33 Å². The number of likely N-dealkylation sites (N-methyl/N-ethyl adjacent to an activating group) is 1. The summed E-state index contributed by atoms with van der Waals surface area (Å²) in [4.78, 5) is 14.6. The van der Waals surface area contributed by atoms with Crippen LogP contribution in [0.1, 0.15) is 6.42 Å². The highest BCUT2D eigenvalue weighted by Crippen LogP contribution is 1.93. The molecule has 1 aromatic heterocycles. The molecule has 0 aromatic carbocycles. The Bertz CT molecular complexity index is 258. The molecule has 3 N–H and O–H groups in total. The van der Waals surface area contributed by atoms with Gasteiger partial charge in [-0.2, -0.15) is 5.10 Å². The van der Waals surface area contributed by atoms with Gasteiger partial charge in [-0.25, -0.2) is 4.98 Å². The van der Waals surface area contributed by atoms with Crippen molar-refractivity contribution in [3.8, 4) is 0 Å². The number of hydrogen-bond acceptors (Lipinski definition) is 4. The second-order valence-electron chi connectivity index (χ2n) is 2.69. The van der Waals surface area contributed by atoms with E-state index in [0.29, 0.717) is 13.0 Å². The van der Waals surface area contributed by atoms with Crippen LogP contribution in [-0.2, 0) is 11.3 Å². The summed E-state index contributed by atoms with van der Waals surface area (Å²) >= 11 is 0. The standard InChI is InChI=1S/C7H13N5O/c1-9-6(7(8)13)2-3-12-5-10-4-11-12/h4-6,9H,2-3H2,1H3,(H2,8,13). The van der Waals surface area contributed by atoms with Gasteiger partial charge in [-0.3, -0.25) is 9.48 Å². The molecule has 0 saturated heterocycles. The van der Waals surface area contributed by atoms with Crippen molar-refractivity contribution in [2.24, 2.45) is 5.73 Å². The minimum Gasteiger partial charge on any atom is -0.368 e. The molecule has 1 atom stereocenters. The first-order chi connectivity index (χ1) is 6.24. The number of primary amides is 1. The summed E-state index contributed by atoms with van der Waals surface area (Å²) in [7, 11) is 1.71. The van der Waals surface area contributed by atoms with Gasteiger partial charge in [0.15, 0.2) is 0 Å². The Hall–Kier alpha value is -1.43. The van der Waals surface area contributed by atoms with Crippen molar-refractivity contribution in [3.05, 3.63) is 12.7 Å². The normalized spacial score (nSPS) is 12.7. The number of carbonyl (C=O) groups excluding carboxylic acids is 1. The van der Waals surface area contributed by atoms with Gasteiger partial charge in [0.2, 0.25) is 5.91 Å². The number of nitrogens with zero attached hydrogens (tertiary/aromatic N) is 3. The van der Waals surface area contributed by atoms with Gasteiger partial charge in [-0.1, -0.05) is 0 Å². The Morgan fingerprint density at radius 3 is 3.00 bits per heavy atom. The second kappa shape index (κ2) is 4.56. The fourth-order valence-electron chi connectivity index (χ4n) is 1.04. The molecular weight excluding hydrogens is 170 g/mol. The lowest BCUT2D eigenvalue weighted by atomic mass is 10.2. The molecule has 1 aromatic rings. The van der Waals surface area contributed by atoms with Gasteiger partial charge in [0.25, 0.3) is 0 Å². The summed E-state index contributed by atoms with van der Waals surface area (Å²) < 4.78 is 1.66.